The first-order valence-corrected chi connectivity index (χ1v) is 8.21. The van der Waals surface area contributed by atoms with Gasteiger partial charge in [-0.15, -0.1) is 0 Å². The van der Waals surface area contributed by atoms with Gasteiger partial charge in [0.15, 0.2) is 11.5 Å². The number of fused-ring (bicyclic) bond motifs is 1. The van der Waals surface area contributed by atoms with E-state index in [1.54, 1.807) is 0 Å². The van der Waals surface area contributed by atoms with Gasteiger partial charge < -0.3 is 14.8 Å². The molecule has 2 aliphatic rings. The van der Waals surface area contributed by atoms with Crippen molar-refractivity contribution < 1.29 is 9.47 Å². The number of hydrogen-bond donors (Lipinski definition) is 1. The van der Waals surface area contributed by atoms with Crippen LogP contribution in [0.1, 0.15) is 53.4 Å². The molecule has 0 saturated heterocycles. The van der Waals surface area contributed by atoms with Gasteiger partial charge in [-0.25, -0.2) is 0 Å². The highest BCUT2D eigenvalue weighted by Crippen LogP contribution is 2.41. The molecule has 3 nitrogen and oxygen atoms in total. The zero-order chi connectivity index (χ0) is 15.0. The van der Waals surface area contributed by atoms with Crippen LogP contribution in [-0.2, 0) is 0 Å². The lowest BCUT2D eigenvalue weighted by Crippen LogP contribution is -2.29. The van der Waals surface area contributed by atoms with Crippen LogP contribution in [0.3, 0.4) is 0 Å². The Kier molecular flexibility index (Phi) is 3.76. The molecule has 1 aromatic carbocycles. The van der Waals surface area contributed by atoms with E-state index in [1.807, 2.05) is 19.9 Å². The fourth-order valence-corrected chi connectivity index (χ4v) is 3.51. The molecule has 1 aromatic rings. The Morgan fingerprint density at radius 3 is 2.67 bits per heavy atom. The SMILES string of the molecule is CC(C)C1CCCC(Nc2ccc3c(c2)OC(C)(C)O3)C1. The predicted molar refractivity (Wildman–Crippen MR) is 86.0 cm³/mol. The molecule has 1 fully saturated rings. The van der Waals surface area contributed by atoms with Crippen LogP contribution in [0.25, 0.3) is 0 Å². The van der Waals surface area contributed by atoms with E-state index in [2.05, 4.69) is 31.3 Å². The van der Waals surface area contributed by atoms with Crippen LogP contribution in [0.15, 0.2) is 18.2 Å². The second-order valence-corrected chi connectivity index (χ2v) is 7.28. The van der Waals surface area contributed by atoms with Crippen molar-refractivity contribution in [2.45, 2.75) is 65.2 Å². The fraction of sp³-hybridized carbons (Fsp3) is 0.667. The van der Waals surface area contributed by atoms with E-state index in [9.17, 15) is 0 Å². The minimum atomic E-state index is -0.547. The van der Waals surface area contributed by atoms with Crippen LogP contribution in [0.5, 0.6) is 11.5 Å². The summed E-state index contributed by atoms with van der Waals surface area (Å²) in [6.07, 6.45) is 5.25. The summed E-state index contributed by atoms with van der Waals surface area (Å²) >= 11 is 0. The summed E-state index contributed by atoms with van der Waals surface area (Å²) in [5.74, 6) is 2.78. The molecule has 1 aliphatic heterocycles. The molecule has 0 spiro atoms. The lowest BCUT2D eigenvalue weighted by atomic mass is 9.79. The molecule has 2 unspecified atom stereocenters. The second kappa shape index (κ2) is 5.43. The Hall–Kier alpha value is -1.38. The van der Waals surface area contributed by atoms with Crippen LogP contribution in [0.4, 0.5) is 5.69 Å². The van der Waals surface area contributed by atoms with Gasteiger partial charge in [-0.05, 0) is 36.8 Å². The second-order valence-electron chi connectivity index (χ2n) is 7.28. The van der Waals surface area contributed by atoms with E-state index >= 15 is 0 Å². The number of rotatable bonds is 3. The van der Waals surface area contributed by atoms with Gasteiger partial charge in [0.2, 0.25) is 5.79 Å². The van der Waals surface area contributed by atoms with Crippen LogP contribution < -0.4 is 14.8 Å². The van der Waals surface area contributed by atoms with Gasteiger partial charge in [-0.2, -0.15) is 0 Å². The molecule has 1 N–H and O–H groups in total. The number of nitrogens with one attached hydrogen (secondary N) is 1. The van der Waals surface area contributed by atoms with Crippen LogP contribution in [0.2, 0.25) is 0 Å². The maximum atomic E-state index is 5.82. The van der Waals surface area contributed by atoms with Crippen LogP contribution in [-0.4, -0.2) is 11.8 Å². The van der Waals surface area contributed by atoms with Crippen molar-refractivity contribution in [1.82, 2.24) is 0 Å². The Morgan fingerprint density at radius 2 is 1.90 bits per heavy atom. The molecule has 21 heavy (non-hydrogen) atoms. The van der Waals surface area contributed by atoms with E-state index in [0.29, 0.717) is 6.04 Å². The lowest BCUT2D eigenvalue weighted by molar-refractivity contribution is -0.0431. The molecular formula is C18H27NO2. The van der Waals surface area contributed by atoms with Crippen molar-refractivity contribution in [1.29, 1.82) is 0 Å². The molecule has 3 heteroatoms. The normalized spacial score (nSPS) is 26.9. The highest BCUT2D eigenvalue weighted by molar-refractivity contribution is 5.56. The van der Waals surface area contributed by atoms with E-state index in [0.717, 1.165) is 29.0 Å². The quantitative estimate of drug-likeness (QED) is 0.865. The third-order valence-corrected chi connectivity index (χ3v) is 4.68. The predicted octanol–water partition coefficient (Wildman–Crippen LogP) is 4.82. The molecule has 116 valence electrons. The van der Waals surface area contributed by atoms with Crippen molar-refractivity contribution in [3.8, 4) is 11.5 Å². The van der Waals surface area contributed by atoms with Gasteiger partial charge >= 0.3 is 0 Å². The first kappa shape index (κ1) is 14.6. The van der Waals surface area contributed by atoms with Gasteiger partial charge in [0, 0.05) is 31.6 Å². The Bertz CT molecular complexity index is 510. The maximum absolute atomic E-state index is 5.82. The zero-order valence-corrected chi connectivity index (χ0v) is 13.6. The molecule has 1 heterocycles. The number of anilines is 1. The third-order valence-electron chi connectivity index (χ3n) is 4.68. The number of ether oxygens (including phenoxy) is 2. The number of hydrogen-bond acceptors (Lipinski definition) is 3. The van der Waals surface area contributed by atoms with Crippen molar-refractivity contribution >= 4 is 5.69 Å². The van der Waals surface area contributed by atoms with Crippen LogP contribution in [0, 0.1) is 11.8 Å². The molecule has 0 aromatic heterocycles. The van der Waals surface area contributed by atoms with Crippen molar-refractivity contribution in [3.05, 3.63) is 18.2 Å². The smallest absolute Gasteiger partial charge is 0.246 e. The van der Waals surface area contributed by atoms with Crippen molar-refractivity contribution in [2.75, 3.05) is 5.32 Å². The third kappa shape index (κ3) is 3.28. The van der Waals surface area contributed by atoms with E-state index in [-0.39, 0.29) is 0 Å². The van der Waals surface area contributed by atoms with Gasteiger partial charge in [-0.1, -0.05) is 26.7 Å². The first-order chi connectivity index (χ1) is 9.93. The van der Waals surface area contributed by atoms with Crippen molar-refractivity contribution in [3.63, 3.8) is 0 Å². The molecule has 0 bridgehead atoms. The fourth-order valence-electron chi connectivity index (χ4n) is 3.51. The summed E-state index contributed by atoms with van der Waals surface area (Å²) in [4.78, 5) is 0. The maximum Gasteiger partial charge on any atom is 0.246 e. The van der Waals surface area contributed by atoms with Gasteiger partial charge in [-0.3, -0.25) is 0 Å². The molecule has 0 amide bonds. The van der Waals surface area contributed by atoms with E-state index in [4.69, 9.17) is 9.47 Å². The summed E-state index contributed by atoms with van der Waals surface area (Å²) in [5.41, 5.74) is 1.14. The van der Waals surface area contributed by atoms with Crippen LogP contribution >= 0.6 is 0 Å². The molecular weight excluding hydrogens is 262 g/mol. The average Bonchev–Trinajstić information content (AvgIpc) is 2.72. The minimum absolute atomic E-state index is 0.547. The zero-order valence-electron chi connectivity index (χ0n) is 13.6. The van der Waals surface area contributed by atoms with E-state index in [1.165, 1.54) is 25.7 Å². The summed E-state index contributed by atoms with van der Waals surface area (Å²) in [6, 6.07) is 6.76. The topological polar surface area (TPSA) is 30.5 Å². The Labute approximate surface area is 128 Å². The highest BCUT2D eigenvalue weighted by Gasteiger charge is 2.32. The minimum Gasteiger partial charge on any atom is -0.449 e. The van der Waals surface area contributed by atoms with Gasteiger partial charge in [0.05, 0.1) is 0 Å². The standard InChI is InChI=1S/C18H27NO2/c1-12(2)13-6-5-7-14(10-13)19-15-8-9-16-17(11-15)21-18(3,4)20-16/h8-9,11-14,19H,5-7,10H2,1-4H3. The highest BCUT2D eigenvalue weighted by atomic mass is 16.7. The van der Waals surface area contributed by atoms with Crippen molar-refractivity contribution in [2.24, 2.45) is 11.8 Å². The molecule has 1 saturated carbocycles. The average molecular weight is 289 g/mol. The first-order valence-electron chi connectivity index (χ1n) is 8.21. The molecule has 3 rings (SSSR count). The number of benzene rings is 1. The van der Waals surface area contributed by atoms with Gasteiger partial charge in [0.1, 0.15) is 0 Å². The Balaban J connectivity index is 1.66. The monoisotopic (exact) mass is 289 g/mol. The lowest BCUT2D eigenvalue weighted by Gasteiger charge is -2.32. The summed E-state index contributed by atoms with van der Waals surface area (Å²) in [6.45, 7) is 8.56. The summed E-state index contributed by atoms with van der Waals surface area (Å²) in [5, 5.41) is 3.69. The summed E-state index contributed by atoms with van der Waals surface area (Å²) < 4.78 is 11.6. The summed E-state index contributed by atoms with van der Waals surface area (Å²) in [7, 11) is 0. The van der Waals surface area contributed by atoms with Gasteiger partial charge in [0.25, 0.3) is 0 Å². The largest absolute Gasteiger partial charge is 0.449 e. The molecule has 0 radical (unpaired) electrons. The Morgan fingerprint density at radius 1 is 1.14 bits per heavy atom. The molecule has 2 atom stereocenters. The van der Waals surface area contributed by atoms with E-state index < -0.39 is 5.79 Å². The molecule has 1 aliphatic carbocycles.